The van der Waals surface area contributed by atoms with Crippen molar-refractivity contribution in [3.8, 4) is 0 Å². The molecule has 5 nitrogen and oxygen atoms in total. The Morgan fingerprint density at radius 2 is 1.89 bits per heavy atom. The van der Waals surface area contributed by atoms with Crippen molar-refractivity contribution in [3.05, 3.63) is 54.4 Å². The summed E-state index contributed by atoms with van der Waals surface area (Å²) in [7, 11) is 0. The minimum atomic E-state index is 0.0433. The van der Waals surface area contributed by atoms with Gasteiger partial charge in [-0.3, -0.25) is 9.88 Å². The van der Waals surface area contributed by atoms with E-state index in [0.717, 1.165) is 56.1 Å². The first-order valence-corrected chi connectivity index (χ1v) is 11.3. The molecule has 28 heavy (non-hydrogen) atoms. The molecule has 2 atom stereocenters. The van der Waals surface area contributed by atoms with Gasteiger partial charge in [0.05, 0.1) is 5.69 Å². The van der Waals surface area contributed by atoms with Gasteiger partial charge in [0.25, 0.3) is 0 Å². The molecular weight excluding hydrogens is 368 g/mol. The van der Waals surface area contributed by atoms with Crippen LogP contribution >= 0.6 is 11.8 Å². The van der Waals surface area contributed by atoms with Gasteiger partial charge in [-0.2, -0.15) is 0 Å². The summed E-state index contributed by atoms with van der Waals surface area (Å²) in [5.74, 6) is 1.22. The van der Waals surface area contributed by atoms with Crippen LogP contribution in [0.4, 0.5) is 10.5 Å². The molecule has 1 aromatic heterocycles. The summed E-state index contributed by atoms with van der Waals surface area (Å²) in [4.78, 5) is 22.7. The Kier molecular flexibility index (Phi) is 6.17. The second-order valence-corrected chi connectivity index (χ2v) is 8.62. The Labute approximate surface area is 171 Å². The van der Waals surface area contributed by atoms with Crippen molar-refractivity contribution in [1.29, 1.82) is 0 Å². The van der Waals surface area contributed by atoms with Gasteiger partial charge in [0.1, 0.15) is 0 Å². The Balaban J connectivity index is 1.32. The number of carbonyl (C=O) groups is 1. The second-order valence-electron chi connectivity index (χ2n) is 7.77. The lowest BCUT2D eigenvalue weighted by Gasteiger charge is -2.22. The molecule has 0 spiro atoms. The van der Waals surface area contributed by atoms with E-state index in [0.29, 0.717) is 11.8 Å². The van der Waals surface area contributed by atoms with Gasteiger partial charge in [-0.25, -0.2) is 4.79 Å². The van der Waals surface area contributed by atoms with E-state index in [1.165, 1.54) is 5.56 Å². The van der Waals surface area contributed by atoms with E-state index in [-0.39, 0.29) is 6.03 Å². The van der Waals surface area contributed by atoms with Gasteiger partial charge >= 0.3 is 6.03 Å². The molecule has 1 aromatic carbocycles. The summed E-state index contributed by atoms with van der Waals surface area (Å²) in [6.45, 7) is 4.92. The molecule has 2 aliphatic heterocycles. The molecule has 0 bridgehead atoms. The van der Waals surface area contributed by atoms with Crippen LogP contribution in [-0.2, 0) is 6.54 Å². The molecule has 1 N–H and O–H groups in total. The minimum absolute atomic E-state index is 0.0433. The number of nitrogens with zero attached hydrogens (tertiary/aromatic N) is 3. The molecule has 2 aromatic rings. The van der Waals surface area contributed by atoms with Crippen molar-refractivity contribution in [1.82, 2.24) is 14.8 Å². The van der Waals surface area contributed by atoms with Crippen LogP contribution in [0.15, 0.2) is 53.7 Å². The first kappa shape index (κ1) is 19.3. The normalized spacial score (nSPS) is 22.5. The standard InChI is InChI=1S/C22H28N4OS/c1-28-21-7-3-2-6-20(21)24-22(27)26-15-18-8-11-25(12-9-19(18)16-26)14-17-5-4-10-23-13-17/h2-7,10,13,18-19H,8-9,11-12,14-16H2,1H3,(H,24,27)/t18-,19+. The predicted molar refractivity (Wildman–Crippen MR) is 115 cm³/mol. The van der Waals surface area contributed by atoms with Gasteiger partial charge in [-0.1, -0.05) is 18.2 Å². The predicted octanol–water partition coefficient (Wildman–Crippen LogP) is 4.18. The smallest absolute Gasteiger partial charge is 0.321 e. The highest BCUT2D eigenvalue weighted by Crippen LogP contribution is 2.33. The molecule has 0 aliphatic carbocycles. The van der Waals surface area contributed by atoms with Crippen molar-refractivity contribution >= 4 is 23.5 Å². The van der Waals surface area contributed by atoms with E-state index in [1.807, 2.05) is 53.9 Å². The first-order chi connectivity index (χ1) is 13.7. The molecular formula is C22H28N4OS. The van der Waals surface area contributed by atoms with E-state index < -0.39 is 0 Å². The zero-order valence-electron chi connectivity index (χ0n) is 16.4. The largest absolute Gasteiger partial charge is 0.324 e. The number of urea groups is 1. The average Bonchev–Trinajstić information content (AvgIpc) is 3.05. The third kappa shape index (κ3) is 4.50. The number of fused-ring (bicyclic) bond motifs is 1. The first-order valence-electron chi connectivity index (χ1n) is 10.0. The number of carbonyl (C=O) groups excluding carboxylic acids is 1. The molecule has 6 heteroatoms. The molecule has 4 rings (SSSR count). The monoisotopic (exact) mass is 396 g/mol. The fourth-order valence-electron chi connectivity index (χ4n) is 4.42. The van der Waals surface area contributed by atoms with E-state index in [9.17, 15) is 4.79 Å². The number of nitrogens with one attached hydrogen (secondary N) is 1. The molecule has 2 aliphatic rings. The summed E-state index contributed by atoms with van der Waals surface area (Å²) in [6, 6.07) is 12.2. The third-order valence-electron chi connectivity index (χ3n) is 5.97. The van der Waals surface area contributed by atoms with Gasteiger partial charge < -0.3 is 10.2 Å². The molecule has 0 radical (unpaired) electrons. The van der Waals surface area contributed by atoms with E-state index in [2.05, 4.69) is 21.3 Å². The number of thioether (sulfide) groups is 1. The Morgan fingerprint density at radius 1 is 1.14 bits per heavy atom. The zero-order chi connectivity index (χ0) is 19.3. The number of benzene rings is 1. The van der Waals surface area contributed by atoms with Crippen LogP contribution < -0.4 is 5.32 Å². The second kappa shape index (κ2) is 8.97. The summed E-state index contributed by atoms with van der Waals surface area (Å²) in [5, 5.41) is 3.12. The van der Waals surface area contributed by atoms with Crippen molar-refractivity contribution in [2.75, 3.05) is 37.8 Å². The summed E-state index contributed by atoms with van der Waals surface area (Å²) >= 11 is 1.66. The lowest BCUT2D eigenvalue weighted by atomic mass is 9.92. The molecule has 2 fully saturated rings. The number of amides is 2. The summed E-state index contributed by atoms with van der Waals surface area (Å²) < 4.78 is 0. The quantitative estimate of drug-likeness (QED) is 0.788. The van der Waals surface area contributed by atoms with Crippen LogP contribution in [0, 0.1) is 11.8 Å². The number of anilines is 1. The van der Waals surface area contributed by atoms with Gasteiger partial charge in [0.2, 0.25) is 0 Å². The van der Waals surface area contributed by atoms with Gasteiger partial charge in [-0.05, 0) is 67.8 Å². The Morgan fingerprint density at radius 3 is 2.57 bits per heavy atom. The molecule has 3 heterocycles. The molecule has 148 valence electrons. The highest BCUT2D eigenvalue weighted by Gasteiger charge is 2.36. The SMILES string of the molecule is CSc1ccccc1NC(=O)N1C[C@H]2CCN(Cc3cccnc3)CC[C@H]2C1. The lowest BCUT2D eigenvalue weighted by Crippen LogP contribution is -2.34. The fraction of sp³-hybridized carbons (Fsp3) is 0.455. The maximum absolute atomic E-state index is 12.8. The average molecular weight is 397 g/mol. The molecule has 2 amide bonds. The Hall–Kier alpha value is -2.05. The third-order valence-corrected chi connectivity index (χ3v) is 6.77. The van der Waals surface area contributed by atoms with Crippen LogP contribution in [-0.4, -0.2) is 53.2 Å². The van der Waals surface area contributed by atoms with Crippen molar-refractivity contribution in [2.45, 2.75) is 24.3 Å². The number of aromatic nitrogens is 1. The number of rotatable bonds is 4. The lowest BCUT2D eigenvalue weighted by molar-refractivity contribution is 0.215. The van der Waals surface area contributed by atoms with Crippen molar-refractivity contribution in [2.24, 2.45) is 11.8 Å². The Bertz CT molecular complexity index is 784. The van der Waals surface area contributed by atoms with Crippen molar-refractivity contribution in [3.63, 3.8) is 0 Å². The summed E-state index contributed by atoms with van der Waals surface area (Å²) in [5.41, 5.74) is 2.19. The number of likely N-dealkylation sites (tertiary alicyclic amines) is 2. The molecule has 0 unspecified atom stereocenters. The maximum atomic E-state index is 12.8. The topological polar surface area (TPSA) is 48.5 Å². The molecule has 0 saturated carbocycles. The zero-order valence-corrected chi connectivity index (χ0v) is 17.2. The van der Waals surface area contributed by atoms with E-state index >= 15 is 0 Å². The number of para-hydroxylation sites is 1. The van der Waals surface area contributed by atoms with Crippen LogP contribution in [0.3, 0.4) is 0 Å². The van der Waals surface area contributed by atoms with Crippen LogP contribution in [0.5, 0.6) is 0 Å². The fourth-order valence-corrected chi connectivity index (χ4v) is 4.97. The minimum Gasteiger partial charge on any atom is -0.324 e. The van der Waals surface area contributed by atoms with Crippen LogP contribution in [0.1, 0.15) is 18.4 Å². The number of pyridine rings is 1. The van der Waals surface area contributed by atoms with Crippen LogP contribution in [0.25, 0.3) is 0 Å². The van der Waals surface area contributed by atoms with Gasteiger partial charge in [0.15, 0.2) is 0 Å². The van der Waals surface area contributed by atoms with E-state index in [1.54, 1.807) is 11.8 Å². The van der Waals surface area contributed by atoms with E-state index in [4.69, 9.17) is 0 Å². The number of hydrogen-bond acceptors (Lipinski definition) is 4. The highest BCUT2D eigenvalue weighted by atomic mass is 32.2. The highest BCUT2D eigenvalue weighted by molar-refractivity contribution is 7.98. The van der Waals surface area contributed by atoms with Gasteiger partial charge in [-0.15, -0.1) is 11.8 Å². The van der Waals surface area contributed by atoms with Crippen molar-refractivity contribution < 1.29 is 4.79 Å². The van der Waals surface area contributed by atoms with Crippen LogP contribution in [0.2, 0.25) is 0 Å². The van der Waals surface area contributed by atoms with Gasteiger partial charge in [0, 0.05) is 36.9 Å². The summed E-state index contributed by atoms with van der Waals surface area (Å²) in [6.07, 6.45) is 8.15. The maximum Gasteiger partial charge on any atom is 0.321 e. The number of hydrogen-bond donors (Lipinski definition) is 1. The molecule has 2 saturated heterocycles.